The van der Waals surface area contributed by atoms with Crippen LogP contribution in [0, 0.1) is 6.92 Å². The number of rotatable bonds is 4. The van der Waals surface area contributed by atoms with Crippen LogP contribution in [0.15, 0.2) is 6.20 Å². The fourth-order valence-electron chi connectivity index (χ4n) is 2.48. The molecule has 106 valence electrons. The van der Waals surface area contributed by atoms with Crippen molar-refractivity contribution >= 4 is 5.91 Å². The van der Waals surface area contributed by atoms with Gasteiger partial charge in [0.1, 0.15) is 0 Å². The highest BCUT2D eigenvalue weighted by Crippen LogP contribution is 2.14. The summed E-state index contributed by atoms with van der Waals surface area (Å²) in [5.74, 6) is 0.160. The fraction of sp³-hybridized carbons (Fsp3) is 0.714. The normalized spacial score (nSPS) is 21.2. The third kappa shape index (κ3) is 3.35. The second kappa shape index (κ2) is 6.19. The van der Waals surface area contributed by atoms with E-state index in [1.807, 2.05) is 6.20 Å². The van der Waals surface area contributed by atoms with E-state index in [2.05, 4.69) is 40.8 Å². The quantitative estimate of drug-likeness (QED) is 0.892. The maximum absolute atomic E-state index is 11.4. The molecule has 0 unspecified atom stereocenters. The molecule has 1 fully saturated rings. The van der Waals surface area contributed by atoms with Crippen molar-refractivity contribution in [3.63, 3.8) is 0 Å². The van der Waals surface area contributed by atoms with Crippen molar-refractivity contribution in [2.24, 2.45) is 0 Å². The summed E-state index contributed by atoms with van der Waals surface area (Å²) < 4.78 is 2.07. The summed E-state index contributed by atoms with van der Waals surface area (Å²) in [4.78, 5) is 13.8. The number of aryl methyl sites for hydroxylation is 1. The summed E-state index contributed by atoms with van der Waals surface area (Å²) in [6.07, 6.45) is 3.66. The Balaban J connectivity index is 2.05. The summed E-state index contributed by atoms with van der Waals surface area (Å²) in [5.41, 5.74) is 2.52. The third-order valence-electron chi connectivity index (χ3n) is 3.86. The number of hydrogen-bond acceptors (Lipinski definition) is 3. The van der Waals surface area contributed by atoms with Crippen molar-refractivity contribution in [2.75, 3.05) is 13.1 Å². The molecule has 5 heteroatoms. The maximum atomic E-state index is 11.4. The van der Waals surface area contributed by atoms with Gasteiger partial charge in [-0.3, -0.25) is 14.4 Å². The molecular weight excluding hydrogens is 240 g/mol. The summed E-state index contributed by atoms with van der Waals surface area (Å²) >= 11 is 0. The van der Waals surface area contributed by atoms with Crippen LogP contribution in [0.2, 0.25) is 0 Å². The van der Waals surface area contributed by atoms with Crippen molar-refractivity contribution < 1.29 is 4.79 Å². The van der Waals surface area contributed by atoms with Gasteiger partial charge in [-0.05, 0) is 20.3 Å². The van der Waals surface area contributed by atoms with Crippen LogP contribution in [0.3, 0.4) is 0 Å². The predicted octanol–water partition coefficient (Wildman–Crippen LogP) is 1.31. The zero-order valence-electron chi connectivity index (χ0n) is 12.1. The van der Waals surface area contributed by atoms with E-state index in [0.29, 0.717) is 12.5 Å². The Morgan fingerprint density at radius 3 is 3.05 bits per heavy atom. The number of hydrogen-bond donors (Lipinski definition) is 1. The Morgan fingerprint density at radius 1 is 1.53 bits per heavy atom. The monoisotopic (exact) mass is 264 g/mol. The van der Waals surface area contributed by atoms with Crippen LogP contribution in [-0.2, 0) is 17.9 Å². The van der Waals surface area contributed by atoms with Crippen molar-refractivity contribution in [1.82, 2.24) is 20.0 Å². The molecule has 1 aliphatic heterocycles. The Hall–Kier alpha value is -1.36. The molecule has 19 heavy (non-hydrogen) atoms. The van der Waals surface area contributed by atoms with Crippen LogP contribution in [0.1, 0.15) is 37.9 Å². The van der Waals surface area contributed by atoms with Gasteiger partial charge >= 0.3 is 0 Å². The van der Waals surface area contributed by atoms with Crippen LogP contribution in [0.25, 0.3) is 0 Å². The summed E-state index contributed by atoms with van der Waals surface area (Å²) in [6.45, 7) is 9.87. The van der Waals surface area contributed by atoms with E-state index in [1.165, 1.54) is 11.3 Å². The number of nitrogens with zero attached hydrogens (tertiary/aromatic N) is 3. The first-order valence-electron chi connectivity index (χ1n) is 7.13. The highest BCUT2D eigenvalue weighted by atomic mass is 16.1. The summed E-state index contributed by atoms with van der Waals surface area (Å²) in [7, 11) is 0. The van der Waals surface area contributed by atoms with Gasteiger partial charge in [0.05, 0.1) is 6.20 Å². The molecule has 1 aromatic heterocycles. The molecule has 0 bridgehead atoms. The van der Waals surface area contributed by atoms with Crippen LogP contribution >= 0.6 is 0 Å². The van der Waals surface area contributed by atoms with Crippen LogP contribution in [0.4, 0.5) is 0 Å². The van der Waals surface area contributed by atoms with Gasteiger partial charge in [0.2, 0.25) is 5.91 Å². The smallest absolute Gasteiger partial charge is 0.221 e. The number of aromatic nitrogens is 2. The highest BCUT2D eigenvalue weighted by molar-refractivity contribution is 5.76. The van der Waals surface area contributed by atoms with Gasteiger partial charge < -0.3 is 5.32 Å². The van der Waals surface area contributed by atoms with Gasteiger partial charge in [-0.1, -0.05) is 6.92 Å². The van der Waals surface area contributed by atoms with Gasteiger partial charge in [-0.15, -0.1) is 0 Å². The number of amides is 1. The first-order valence-corrected chi connectivity index (χ1v) is 7.13. The van der Waals surface area contributed by atoms with E-state index < -0.39 is 0 Å². The van der Waals surface area contributed by atoms with E-state index in [9.17, 15) is 4.79 Å². The zero-order chi connectivity index (χ0) is 13.8. The Kier molecular flexibility index (Phi) is 4.58. The number of carbonyl (C=O) groups excluding carboxylic acids is 1. The predicted molar refractivity (Wildman–Crippen MR) is 74.8 cm³/mol. The van der Waals surface area contributed by atoms with E-state index >= 15 is 0 Å². The van der Waals surface area contributed by atoms with E-state index in [1.54, 1.807) is 0 Å². The Labute approximate surface area is 115 Å². The largest absolute Gasteiger partial charge is 0.355 e. The molecule has 0 saturated carbocycles. The lowest BCUT2D eigenvalue weighted by Crippen LogP contribution is -2.37. The minimum Gasteiger partial charge on any atom is -0.355 e. The highest BCUT2D eigenvalue weighted by Gasteiger charge is 2.21. The molecule has 0 aromatic carbocycles. The average Bonchev–Trinajstić information content (AvgIpc) is 2.64. The Morgan fingerprint density at radius 2 is 2.32 bits per heavy atom. The fourth-order valence-corrected chi connectivity index (χ4v) is 2.48. The standard InChI is InChI=1S/C14H24N4O/c1-4-6-18-12(3)13(9-16-18)10-17-7-5-14(19)15-8-11(17)2/h9,11H,4-8,10H2,1-3H3,(H,15,19)/t11-/m1/s1. The topological polar surface area (TPSA) is 50.2 Å². The molecule has 1 N–H and O–H groups in total. The van der Waals surface area contributed by atoms with Crippen molar-refractivity contribution in [3.8, 4) is 0 Å². The van der Waals surface area contributed by atoms with E-state index in [4.69, 9.17) is 0 Å². The lowest BCUT2D eigenvalue weighted by Gasteiger charge is -2.25. The molecule has 1 atom stereocenters. The molecular formula is C14H24N4O. The van der Waals surface area contributed by atoms with Crippen LogP contribution < -0.4 is 5.32 Å². The first kappa shape index (κ1) is 14.1. The van der Waals surface area contributed by atoms with Crippen molar-refractivity contribution in [2.45, 2.75) is 52.7 Å². The second-order valence-corrected chi connectivity index (χ2v) is 5.35. The van der Waals surface area contributed by atoms with Crippen LogP contribution in [0.5, 0.6) is 0 Å². The van der Waals surface area contributed by atoms with Crippen LogP contribution in [-0.4, -0.2) is 39.7 Å². The second-order valence-electron chi connectivity index (χ2n) is 5.35. The van der Waals surface area contributed by atoms with Gasteiger partial charge in [0, 0.05) is 49.9 Å². The number of carbonyl (C=O) groups is 1. The van der Waals surface area contributed by atoms with Crippen molar-refractivity contribution in [1.29, 1.82) is 0 Å². The van der Waals surface area contributed by atoms with Gasteiger partial charge in [0.15, 0.2) is 0 Å². The molecule has 0 spiro atoms. The summed E-state index contributed by atoms with van der Waals surface area (Å²) in [6, 6.07) is 0.375. The molecule has 2 heterocycles. The minimum absolute atomic E-state index is 0.160. The van der Waals surface area contributed by atoms with Gasteiger partial charge in [-0.25, -0.2) is 0 Å². The Bertz CT molecular complexity index is 441. The minimum atomic E-state index is 0.160. The summed E-state index contributed by atoms with van der Waals surface area (Å²) in [5, 5.41) is 7.39. The van der Waals surface area contributed by atoms with E-state index in [0.717, 1.165) is 32.6 Å². The number of nitrogens with one attached hydrogen (secondary N) is 1. The molecule has 2 rings (SSSR count). The molecule has 1 aromatic rings. The molecule has 1 saturated heterocycles. The molecule has 5 nitrogen and oxygen atoms in total. The molecule has 1 amide bonds. The maximum Gasteiger partial charge on any atom is 0.221 e. The lowest BCUT2D eigenvalue weighted by molar-refractivity contribution is -0.120. The SMILES string of the molecule is CCCn1ncc(CN2CCC(=O)NC[C@H]2C)c1C. The van der Waals surface area contributed by atoms with E-state index in [-0.39, 0.29) is 5.91 Å². The van der Waals surface area contributed by atoms with Gasteiger partial charge in [-0.2, -0.15) is 5.10 Å². The first-order chi connectivity index (χ1) is 9.11. The molecule has 0 radical (unpaired) electrons. The van der Waals surface area contributed by atoms with Gasteiger partial charge in [0.25, 0.3) is 0 Å². The molecule has 1 aliphatic rings. The third-order valence-corrected chi connectivity index (χ3v) is 3.86. The molecule has 0 aliphatic carbocycles. The van der Waals surface area contributed by atoms with Crippen molar-refractivity contribution in [3.05, 3.63) is 17.5 Å². The lowest BCUT2D eigenvalue weighted by atomic mass is 10.2. The average molecular weight is 264 g/mol. The zero-order valence-corrected chi connectivity index (χ0v) is 12.1.